The Labute approximate surface area is 231 Å². The van der Waals surface area contributed by atoms with Crippen LogP contribution in [0.5, 0.6) is 5.75 Å². The van der Waals surface area contributed by atoms with Gasteiger partial charge in [-0.05, 0) is 54.7 Å². The maximum Gasteiger partial charge on any atom is 0.333 e. The maximum absolute atomic E-state index is 13.2. The number of benzene rings is 2. The topological polar surface area (TPSA) is 88.1 Å². The molecule has 0 saturated heterocycles. The van der Waals surface area contributed by atoms with Crippen molar-refractivity contribution >= 4 is 12.0 Å². The van der Waals surface area contributed by atoms with Crippen LogP contribution >= 0.6 is 0 Å². The van der Waals surface area contributed by atoms with Crippen LogP contribution in [0.2, 0.25) is 0 Å². The standard InChI is InChI=1S/C31H43FN2O5/c1-2-38-29(30(35)36)22-25-13-17-28(18-14-25)39-21-20-34(19-7-6-10-24-8-4-3-5-9-24)31(37)33-23-26-11-15-27(32)16-12-26/h11-18,24,29H,2-10,19-23H2,1H3,(H,33,37)(H,35,36). The van der Waals surface area contributed by atoms with Crippen LogP contribution in [-0.2, 0) is 22.5 Å². The lowest BCUT2D eigenvalue weighted by Crippen LogP contribution is -2.42. The molecule has 0 heterocycles. The van der Waals surface area contributed by atoms with E-state index < -0.39 is 12.1 Å². The summed E-state index contributed by atoms with van der Waals surface area (Å²) in [6, 6.07) is 13.3. The van der Waals surface area contributed by atoms with Gasteiger partial charge >= 0.3 is 12.0 Å². The van der Waals surface area contributed by atoms with Crippen LogP contribution in [0.4, 0.5) is 9.18 Å². The molecule has 214 valence electrons. The lowest BCUT2D eigenvalue weighted by atomic mass is 9.86. The predicted octanol–water partition coefficient (Wildman–Crippen LogP) is 6.20. The molecule has 39 heavy (non-hydrogen) atoms. The van der Waals surface area contributed by atoms with E-state index in [1.54, 1.807) is 24.0 Å². The lowest BCUT2D eigenvalue weighted by Gasteiger charge is -2.25. The van der Waals surface area contributed by atoms with Gasteiger partial charge in [0.05, 0.1) is 6.54 Å². The number of aliphatic carboxylic acids is 1. The van der Waals surface area contributed by atoms with Crippen LogP contribution in [0, 0.1) is 11.7 Å². The summed E-state index contributed by atoms with van der Waals surface area (Å²) in [6.07, 6.45) is 9.38. The van der Waals surface area contributed by atoms with Gasteiger partial charge in [0, 0.05) is 26.1 Å². The van der Waals surface area contributed by atoms with Gasteiger partial charge in [0.2, 0.25) is 0 Å². The van der Waals surface area contributed by atoms with E-state index in [1.165, 1.54) is 50.7 Å². The summed E-state index contributed by atoms with van der Waals surface area (Å²) in [5.74, 6) is 0.204. The Morgan fingerprint density at radius 1 is 1.00 bits per heavy atom. The van der Waals surface area contributed by atoms with Crippen LogP contribution in [-0.4, -0.2) is 54.4 Å². The summed E-state index contributed by atoms with van der Waals surface area (Å²) >= 11 is 0. The summed E-state index contributed by atoms with van der Waals surface area (Å²) in [7, 11) is 0. The third-order valence-electron chi connectivity index (χ3n) is 7.28. The fraction of sp³-hybridized carbons (Fsp3) is 0.548. The Morgan fingerprint density at radius 2 is 1.69 bits per heavy atom. The number of hydrogen-bond donors (Lipinski definition) is 2. The molecule has 0 spiro atoms. The number of amides is 2. The largest absolute Gasteiger partial charge is 0.492 e. The number of unbranched alkanes of at least 4 members (excludes halogenated alkanes) is 1. The summed E-state index contributed by atoms with van der Waals surface area (Å²) in [5, 5.41) is 12.2. The number of ether oxygens (including phenoxy) is 2. The first kappa shape index (κ1) is 30.4. The minimum Gasteiger partial charge on any atom is -0.492 e. The normalized spacial score (nSPS) is 14.5. The fourth-order valence-corrected chi connectivity index (χ4v) is 5.05. The minimum atomic E-state index is -0.978. The van der Waals surface area contributed by atoms with Gasteiger partial charge in [0.25, 0.3) is 0 Å². The summed E-state index contributed by atoms with van der Waals surface area (Å²) in [4.78, 5) is 26.1. The van der Waals surface area contributed by atoms with Crippen molar-refractivity contribution in [3.8, 4) is 5.75 Å². The van der Waals surface area contributed by atoms with E-state index in [0.717, 1.165) is 29.9 Å². The van der Waals surface area contributed by atoms with Crippen LogP contribution in [0.1, 0.15) is 69.4 Å². The average Bonchev–Trinajstić information content (AvgIpc) is 2.95. The zero-order chi connectivity index (χ0) is 27.9. The molecule has 2 amide bonds. The van der Waals surface area contributed by atoms with Crippen LogP contribution < -0.4 is 10.1 Å². The number of carboxylic acid groups (broad SMARTS) is 1. The summed E-state index contributed by atoms with van der Waals surface area (Å²) in [6.45, 7) is 3.87. The van der Waals surface area contributed by atoms with E-state index in [2.05, 4.69) is 5.32 Å². The molecule has 7 nitrogen and oxygen atoms in total. The van der Waals surface area contributed by atoms with Crippen LogP contribution in [0.3, 0.4) is 0 Å². The van der Waals surface area contributed by atoms with Gasteiger partial charge in [0.15, 0.2) is 6.10 Å². The first-order valence-electron chi connectivity index (χ1n) is 14.3. The Morgan fingerprint density at radius 3 is 2.36 bits per heavy atom. The second-order valence-electron chi connectivity index (χ2n) is 10.3. The highest BCUT2D eigenvalue weighted by Crippen LogP contribution is 2.27. The molecule has 2 N–H and O–H groups in total. The van der Waals surface area contributed by atoms with Gasteiger partial charge in [-0.2, -0.15) is 0 Å². The van der Waals surface area contributed by atoms with E-state index in [1.807, 2.05) is 24.3 Å². The number of carbonyl (C=O) groups is 2. The first-order valence-corrected chi connectivity index (χ1v) is 14.3. The van der Waals surface area contributed by atoms with Gasteiger partial charge < -0.3 is 24.8 Å². The number of urea groups is 1. The fourth-order valence-electron chi connectivity index (χ4n) is 5.05. The van der Waals surface area contributed by atoms with Gasteiger partial charge in [-0.3, -0.25) is 0 Å². The van der Waals surface area contributed by atoms with Gasteiger partial charge in [0.1, 0.15) is 18.2 Å². The zero-order valence-corrected chi connectivity index (χ0v) is 23.1. The second-order valence-corrected chi connectivity index (χ2v) is 10.3. The predicted molar refractivity (Wildman–Crippen MR) is 149 cm³/mol. The number of nitrogens with one attached hydrogen (secondary N) is 1. The zero-order valence-electron chi connectivity index (χ0n) is 23.1. The third kappa shape index (κ3) is 11.2. The Hall–Kier alpha value is -3.13. The molecule has 3 rings (SSSR count). The van der Waals surface area contributed by atoms with Crippen molar-refractivity contribution < 1.29 is 28.6 Å². The molecule has 2 aromatic rings. The van der Waals surface area contributed by atoms with E-state index >= 15 is 0 Å². The highest BCUT2D eigenvalue weighted by molar-refractivity contribution is 5.74. The molecule has 2 aromatic carbocycles. The van der Waals surface area contributed by atoms with Crippen molar-refractivity contribution in [1.29, 1.82) is 0 Å². The lowest BCUT2D eigenvalue weighted by molar-refractivity contribution is -0.149. The number of nitrogens with zero attached hydrogens (tertiary/aromatic N) is 1. The molecule has 0 aliphatic heterocycles. The monoisotopic (exact) mass is 542 g/mol. The number of hydrogen-bond acceptors (Lipinski definition) is 4. The van der Waals surface area contributed by atoms with E-state index in [0.29, 0.717) is 38.6 Å². The smallest absolute Gasteiger partial charge is 0.333 e. The van der Waals surface area contributed by atoms with E-state index in [-0.39, 0.29) is 18.3 Å². The molecular weight excluding hydrogens is 499 g/mol. The van der Waals surface area contributed by atoms with Gasteiger partial charge in [-0.25, -0.2) is 14.0 Å². The molecule has 8 heteroatoms. The Kier molecular flexibility index (Phi) is 13.1. The second kappa shape index (κ2) is 16.7. The van der Waals surface area contributed by atoms with E-state index in [9.17, 15) is 19.1 Å². The minimum absolute atomic E-state index is 0.161. The molecular formula is C31H43FN2O5. The van der Waals surface area contributed by atoms with Crippen molar-refractivity contribution in [3.05, 3.63) is 65.5 Å². The molecule has 1 atom stereocenters. The molecule has 1 saturated carbocycles. The highest BCUT2D eigenvalue weighted by Gasteiger charge is 2.18. The molecule has 1 aliphatic rings. The highest BCUT2D eigenvalue weighted by atomic mass is 19.1. The van der Waals surface area contributed by atoms with Gasteiger partial charge in [-0.1, -0.05) is 69.2 Å². The Balaban J connectivity index is 1.48. The number of rotatable bonds is 16. The number of carbonyl (C=O) groups excluding carboxylic acids is 1. The van der Waals surface area contributed by atoms with Crippen LogP contribution in [0.25, 0.3) is 0 Å². The van der Waals surface area contributed by atoms with Crippen molar-refractivity contribution in [2.75, 3.05) is 26.3 Å². The molecule has 0 aromatic heterocycles. The average molecular weight is 543 g/mol. The van der Waals surface area contributed by atoms with E-state index in [4.69, 9.17) is 9.47 Å². The van der Waals surface area contributed by atoms with Crippen molar-refractivity contribution in [1.82, 2.24) is 10.2 Å². The SMILES string of the molecule is CCOC(Cc1ccc(OCCN(CCCCC2CCCCC2)C(=O)NCc2ccc(F)cc2)cc1)C(=O)O. The molecule has 1 aliphatic carbocycles. The molecule has 0 bridgehead atoms. The quantitative estimate of drug-likeness (QED) is 0.247. The summed E-state index contributed by atoms with van der Waals surface area (Å²) in [5.41, 5.74) is 1.69. The van der Waals surface area contributed by atoms with Gasteiger partial charge in [-0.15, -0.1) is 0 Å². The summed E-state index contributed by atoms with van der Waals surface area (Å²) < 4.78 is 24.4. The molecule has 1 unspecified atom stereocenters. The number of halogens is 1. The first-order chi connectivity index (χ1) is 18.9. The van der Waals surface area contributed by atoms with Crippen molar-refractivity contribution in [2.24, 2.45) is 5.92 Å². The number of carboxylic acids is 1. The van der Waals surface area contributed by atoms with Crippen molar-refractivity contribution in [2.45, 2.75) is 77.4 Å². The molecule has 1 fully saturated rings. The third-order valence-corrected chi connectivity index (χ3v) is 7.28. The Bertz CT molecular complexity index is 993. The van der Waals surface area contributed by atoms with Crippen molar-refractivity contribution in [3.63, 3.8) is 0 Å². The molecule has 0 radical (unpaired) electrons. The van der Waals surface area contributed by atoms with Crippen LogP contribution in [0.15, 0.2) is 48.5 Å². The maximum atomic E-state index is 13.2.